The molecule has 0 amide bonds. The first kappa shape index (κ1) is 18.8. The fraction of sp³-hybridized carbons (Fsp3) is 1.00. The first-order valence-corrected chi connectivity index (χ1v) is 7.27. The molecule has 2 aliphatic rings. The maximum Gasteiger partial charge on any atom is 0.104 e. The molecule has 2 fully saturated rings. The average molecular weight is 308 g/mol. The number of rotatable bonds is 9. The van der Waals surface area contributed by atoms with Crippen LogP contribution in [-0.4, -0.2) is 84.5 Å². The van der Waals surface area contributed by atoms with Crippen molar-refractivity contribution in [3.63, 3.8) is 0 Å². The zero-order chi connectivity index (χ0) is 15.9. The van der Waals surface area contributed by atoms with E-state index in [9.17, 15) is 5.11 Å². The van der Waals surface area contributed by atoms with Gasteiger partial charge in [0.15, 0.2) is 0 Å². The van der Waals surface area contributed by atoms with Gasteiger partial charge < -0.3 is 34.6 Å². The number of ether oxygens (including phenoxy) is 3. The van der Waals surface area contributed by atoms with Gasteiger partial charge in [0.2, 0.25) is 0 Å². The van der Waals surface area contributed by atoms with Gasteiger partial charge in [-0.1, -0.05) is 13.8 Å². The fourth-order valence-electron chi connectivity index (χ4n) is 1.36. The second kappa shape index (κ2) is 8.99. The van der Waals surface area contributed by atoms with Crippen LogP contribution in [0.4, 0.5) is 0 Å². The Labute approximate surface area is 125 Å². The highest BCUT2D eigenvalue weighted by Gasteiger charge is 2.32. The Hall–Kier alpha value is -0.280. The Balaban J connectivity index is 0.000000270. The third kappa shape index (κ3) is 8.67. The second-order valence-corrected chi connectivity index (χ2v) is 6.25. The zero-order valence-corrected chi connectivity index (χ0v) is 12.8. The molecule has 2 rings (SSSR count). The minimum absolute atomic E-state index is 0.0451. The van der Waals surface area contributed by atoms with Crippen molar-refractivity contribution in [3.05, 3.63) is 0 Å². The largest absolute Gasteiger partial charge is 0.396 e. The number of hydrogen-bond acceptors (Lipinski definition) is 7. The highest BCUT2D eigenvalue weighted by molar-refractivity contribution is 4.80. The summed E-state index contributed by atoms with van der Waals surface area (Å²) in [7, 11) is 0. The van der Waals surface area contributed by atoms with Gasteiger partial charge in [0.05, 0.1) is 51.8 Å². The lowest BCUT2D eigenvalue weighted by atomic mass is 9.97. The molecular weight excluding hydrogens is 280 g/mol. The molecule has 0 spiro atoms. The molecule has 2 saturated heterocycles. The predicted octanol–water partition coefficient (Wildman–Crippen LogP) is -1.09. The first-order valence-electron chi connectivity index (χ1n) is 7.27. The van der Waals surface area contributed by atoms with E-state index in [1.165, 1.54) is 0 Å². The highest BCUT2D eigenvalue weighted by atomic mass is 16.6. The molecule has 4 N–H and O–H groups in total. The van der Waals surface area contributed by atoms with Crippen LogP contribution in [0.15, 0.2) is 0 Å². The van der Waals surface area contributed by atoms with Gasteiger partial charge in [-0.2, -0.15) is 0 Å². The lowest BCUT2D eigenvalue weighted by Gasteiger charge is -2.20. The lowest BCUT2D eigenvalue weighted by Crippen LogP contribution is -2.34. The number of aliphatic hydroxyl groups excluding tert-OH is 4. The molecule has 0 aromatic carbocycles. The minimum Gasteiger partial charge on any atom is -0.396 e. The number of aliphatic hydroxyl groups is 4. The first-order chi connectivity index (χ1) is 9.91. The maximum absolute atomic E-state index is 9.46. The molecule has 7 heteroatoms. The molecule has 0 aliphatic carbocycles. The molecule has 21 heavy (non-hydrogen) atoms. The summed E-state index contributed by atoms with van der Waals surface area (Å²) in [5.74, 6) is 0. The Bertz CT molecular complexity index is 270. The van der Waals surface area contributed by atoms with E-state index in [0.717, 1.165) is 13.2 Å². The lowest BCUT2D eigenvalue weighted by molar-refractivity contribution is -0.0669. The predicted molar refractivity (Wildman–Crippen MR) is 74.9 cm³/mol. The Morgan fingerprint density at radius 3 is 1.95 bits per heavy atom. The van der Waals surface area contributed by atoms with Crippen LogP contribution in [0.25, 0.3) is 0 Å². The SMILES string of the molecule is CC(C)(CO)CO.OCC(O)C(CC1CO1)OCC1CO1. The van der Waals surface area contributed by atoms with E-state index in [1.807, 2.05) is 0 Å². The van der Waals surface area contributed by atoms with Crippen molar-refractivity contribution in [1.82, 2.24) is 0 Å². The average Bonchev–Trinajstić information content (AvgIpc) is 3.37. The summed E-state index contributed by atoms with van der Waals surface area (Å²) in [6.45, 7) is 5.38. The van der Waals surface area contributed by atoms with Crippen molar-refractivity contribution in [1.29, 1.82) is 0 Å². The van der Waals surface area contributed by atoms with Crippen molar-refractivity contribution in [2.45, 2.75) is 44.7 Å². The van der Waals surface area contributed by atoms with E-state index in [4.69, 9.17) is 29.5 Å². The topological polar surface area (TPSA) is 115 Å². The maximum atomic E-state index is 9.46. The van der Waals surface area contributed by atoms with Crippen LogP contribution < -0.4 is 0 Å². The summed E-state index contributed by atoms with van der Waals surface area (Å²) in [6.07, 6.45) is -0.131. The van der Waals surface area contributed by atoms with E-state index in [0.29, 0.717) is 13.0 Å². The van der Waals surface area contributed by atoms with Crippen LogP contribution in [0.1, 0.15) is 20.3 Å². The molecule has 0 bridgehead atoms. The van der Waals surface area contributed by atoms with Gasteiger partial charge in [0.25, 0.3) is 0 Å². The Morgan fingerprint density at radius 2 is 1.62 bits per heavy atom. The second-order valence-electron chi connectivity index (χ2n) is 6.25. The molecule has 0 saturated carbocycles. The fourth-order valence-corrected chi connectivity index (χ4v) is 1.36. The quantitative estimate of drug-likeness (QED) is 0.400. The standard InChI is InChI=1S/C9H16O5.C5H12O2/c10-2-8(11)9(1-6-3-12-6)14-5-7-4-13-7;1-5(2,3-6)4-7/h6-11H,1-5H2;6-7H,3-4H2,1-2H3. The molecule has 0 radical (unpaired) electrons. The van der Waals surface area contributed by atoms with Crippen LogP contribution in [0, 0.1) is 5.41 Å². The molecule has 4 atom stereocenters. The van der Waals surface area contributed by atoms with Gasteiger partial charge in [0, 0.05) is 11.8 Å². The number of hydrogen-bond donors (Lipinski definition) is 4. The molecule has 126 valence electrons. The normalized spacial score (nSPS) is 26.6. The van der Waals surface area contributed by atoms with Crippen molar-refractivity contribution in [2.75, 3.05) is 39.6 Å². The van der Waals surface area contributed by atoms with Gasteiger partial charge in [-0.15, -0.1) is 0 Å². The molecule has 7 nitrogen and oxygen atoms in total. The number of epoxide rings is 2. The molecular formula is C14H28O7. The van der Waals surface area contributed by atoms with Crippen molar-refractivity contribution in [3.8, 4) is 0 Å². The Kier molecular flexibility index (Phi) is 8.04. The van der Waals surface area contributed by atoms with Gasteiger partial charge in [-0.25, -0.2) is 0 Å². The highest BCUT2D eigenvalue weighted by Crippen LogP contribution is 2.21. The zero-order valence-electron chi connectivity index (χ0n) is 12.8. The van der Waals surface area contributed by atoms with E-state index >= 15 is 0 Å². The summed E-state index contributed by atoms with van der Waals surface area (Å²) in [5, 5.41) is 35.1. The van der Waals surface area contributed by atoms with Crippen LogP contribution >= 0.6 is 0 Å². The smallest absolute Gasteiger partial charge is 0.104 e. The van der Waals surface area contributed by atoms with Gasteiger partial charge >= 0.3 is 0 Å². The minimum atomic E-state index is -0.821. The van der Waals surface area contributed by atoms with Gasteiger partial charge in [0.1, 0.15) is 12.2 Å². The van der Waals surface area contributed by atoms with Crippen molar-refractivity contribution < 1.29 is 34.6 Å². The third-order valence-electron chi connectivity index (χ3n) is 3.27. The van der Waals surface area contributed by atoms with Gasteiger partial charge in [-0.3, -0.25) is 0 Å². The third-order valence-corrected chi connectivity index (χ3v) is 3.27. The van der Waals surface area contributed by atoms with Crippen molar-refractivity contribution in [2.24, 2.45) is 5.41 Å². The van der Waals surface area contributed by atoms with E-state index in [1.54, 1.807) is 13.8 Å². The van der Waals surface area contributed by atoms with Gasteiger partial charge in [-0.05, 0) is 0 Å². The summed E-state index contributed by atoms with van der Waals surface area (Å²) in [4.78, 5) is 0. The summed E-state index contributed by atoms with van der Waals surface area (Å²) >= 11 is 0. The molecule has 2 heterocycles. The van der Waals surface area contributed by atoms with E-state index in [-0.39, 0.29) is 43.5 Å². The van der Waals surface area contributed by atoms with Crippen LogP contribution in [0.5, 0.6) is 0 Å². The summed E-state index contributed by atoms with van der Waals surface area (Å²) in [6, 6.07) is 0. The summed E-state index contributed by atoms with van der Waals surface area (Å²) in [5.41, 5.74) is -0.306. The van der Waals surface area contributed by atoms with E-state index < -0.39 is 6.10 Å². The monoisotopic (exact) mass is 308 g/mol. The molecule has 2 aliphatic heterocycles. The Morgan fingerprint density at radius 1 is 1.10 bits per heavy atom. The van der Waals surface area contributed by atoms with Crippen LogP contribution in [0.3, 0.4) is 0 Å². The van der Waals surface area contributed by atoms with E-state index in [2.05, 4.69) is 0 Å². The van der Waals surface area contributed by atoms with Crippen LogP contribution in [0.2, 0.25) is 0 Å². The summed E-state index contributed by atoms with van der Waals surface area (Å²) < 4.78 is 15.5. The van der Waals surface area contributed by atoms with Crippen LogP contribution in [-0.2, 0) is 14.2 Å². The van der Waals surface area contributed by atoms with Crippen molar-refractivity contribution >= 4 is 0 Å². The molecule has 4 unspecified atom stereocenters. The molecule has 0 aromatic rings. The molecule has 0 aromatic heterocycles.